The molecule has 2 aromatic carbocycles. The molecule has 0 spiro atoms. The molecule has 0 bridgehead atoms. The number of rotatable bonds is 2. The first-order valence-corrected chi connectivity index (χ1v) is 5.82. The fourth-order valence-electron chi connectivity index (χ4n) is 2.11. The molecule has 0 unspecified atom stereocenters. The lowest BCUT2D eigenvalue weighted by Crippen LogP contribution is -2.13. The molecule has 0 aliphatic carbocycles. The molecule has 19 heavy (non-hydrogen) atoms. The van der Waals surface area contributed by atoms with E-state index < -0.39 is 11.7 Å². The minimum atomic E-state index is -0.768. The largest absolute Gasteiger partial charge is 0.366 e. The van der Waals surface area contributed by atoms with E-state index in [1.165, 1.54) is 12.1 Å². The maximum Gasteiger partial charge on any atom is 0.251 e. The van der Waals surface area contributed by atoms with E-state index in [4.69, 9.17) is 5.73 Å². The Labute approximate surface area is 108 Å². The number of amides is 1. The number of hydrogen-bond donors (Lipinski definition) is 2. The average molecular weight is 254 g/mol. The van der Waals surface area contributed by atoms with Gasteiger partial charge in [0.15, 0.2) is 0 Å². The molecule has 3 aromatic rings. The number of benzene rings is 2. The second-order valence-corrected chi connectivity index (χ2v) is 4.33. The van der Waals surface area contributed by atoms with Gasteiger partial charge in [0.1, 0.15) is 5.82 Å². The zero-order chi connectivity index (χ0) is 13.4. The van der Waals surface area contributed by atoms with Gasteiger partial charge < -0.3 is 10.7 Å². The lowest BCUT2D eigenvalue weighted by molar-refractivity contribution is 0.0996. The van der Waals surface area contributed by atoms with E-state index in [0.717, 1.165) is 22.2 Å². The van der Waals surface area contributed by atoms with Gasteiger partial charge in [-0.15, -0.1) is 0 Å². The van der Waals surface area contributed by atoms with Gasteiger partial charge in [-0.05, 0) is 35.9 Å². The molecule has 3 nitrogen and oxygen atoms in total. The molecule has 0 aliphatic rings. The highest BCUT2D eigenvalue weighted by Crippen LogP contribution is 2.25. The predicted octanol–water partition coefficient (Wildman–Crippen LogP) is 3.07. The monoisotopic (exact) mass is 254 g/mol. The second-order valence-electron chi connectivity index (χ2n) is 4.33. The van der Waals surface area contributed by atoms with Crippen LogP contribution in [-0.4, -0.2) is 10.9 Å². The van der Waals surface area contributed by atoms with Crippen LogP contribution in [0.25, 0.3) is 22.2 Å². The molecule has 0 radical (unpaired) electrons. The van der Waals surface area contributed by atoms with Gasteiger partial charge in [-0.2, -0.15) is 0 Å². The molecule has 1 heterocycles. The third-order valence-electron chi connectivity index (χ3n) is 3.07. The van der Waals surface area contributed by atoms with Crippen molar-refractivity contribution >= 4 is 16.8 Å². The van der Waals surface area contributed by atoms with E-state index in [1.54, 1.807) is 6.07 Å². The van der Waals surface area contributed by atoms with Gasteiger partial charge in [0.2, 0.25) is 0 Å². The average Bonchev–Trinajstić information content (AvgIpc) is 2.82. The standard InChI is InChI=1S/C15H11FN2O/c16-12-6-5-10(7-11(12)15(17)19)14-8-9-3-1-2-4-13(9)18-14/h1-8,18H,(H2,17,19). The number of H-pyrrole nitrogens is 1. The van der Waals surface area contributed by atoms with E-state index in [-0.39, 0.29) is 5.56 Å². The minimum absolute atomic E-state index is 0.101. The van der Waals surface area contributed by atoms with Gasteiger partial charge in [0.25, 0.3) is 5.91 Å². The smallest absolute Gasteiger partial charge is 0.251 e. The molecule has 4 heteroatoms. The van der Waals surface area contributed by atoms with Gasteiger partial charge in [-0.25, -0.2) is 4.39 Å². The number of carbonyl (C=O) groups excluding carboxylic acids is 1. The van der Waals surface area contributed by atoms with Crippen LogP contribution < -0.4 is 5.73 Å². The molecular weight excluding hydrogens is 243 g/mol. The van der Waals surface area contributed by atoms with Gasteiger partial charge in [-0.3, -0.25) is 4.79 Å². The van der Waals surface area contributed by atoms with E-state index in [0.29, 0.717) is 0 Å². The summed E-state index contributed by atoms with van der Waals surface area (Å²) >= 11 is 0. The quantitative estimate of drug-likeness (QED) is 0.725. The molecule has 3 N–H and O–H groups in total. The molecule has 94 valence electrons. The number of primary amides is 1. The van der Waals surface area contributed by atoms with E-state index >= 15 is 0 Å². The molecule has 0 saturated carbocycles. The number of fused-ring (bicyclic) bond motifs is 1. The zero-order valence-electron chi connectivity index (χ0n) is 9.98. The molecule has 1 aromatic heterocycles. The first-order valence-electron chi connectivity index (χ1n) is 5.82. The molecule has 0 fully saturated rings. The lowest BCUT2D eigenvalue weighted by Gasteiger charge is -2.02. The van der Waals surface area contributed by atoms with E-state index in [9.17, 15) is 9.18 Å². The van der Waals surface area contributed by atoms with Gasteiger partial charge in [0, 0.05) is 16.6 Å². The number of nitrogens with one attached hydrogen (secondary N) is 1. The highest BCUT2D eigenvalue weighted by molar-refractivity contribution is 5.95. The Kier molecular flexibility index (Phi) is 2.56. The third kappa shape index (κ3) is 1.97. The van der Waals surface area contributed by atoms with Crippen molar-refractivity contribution in [3.8, 4) is 11.3 Å². The summed E-state index contributed by atoms with van der Waals surface area (Å²) in [6.07, 6.45) is 0. The Bertz CT molecular complexity index is 744. The topological polar surface area (TPSA) is 58.9 Å². The van der Waals surface area contributed by atoms with Crippen LogP contribution in [-0.2, 0) is 0 Å². The number of hydrogen-bond acceptors (Lipinski definition) is 1. The maximum atomic E-state index is 13.4. The number of halogens is 1. The molecule has 1 amide bonds. The Morgan fingerprint density at radius 1 is 1.11 bits per heavy atom. The minimum Gasteiger partial charge on any atom is -0.366 e. The molecular formula is C15H11FN2O. The number of aromatic amines is 1. The van der Waals surface area contributed by atoms with Crippen LogP contribution >= 0.6 is 0 Å². The van der Waals surface area contributed by atoms with Crippen molar-refractivity contribution in [2.45, 2.75) is 0 Å². The highest BCUT2D eigenvalue weighted by Gasteiger charge is 2.11. The summed E-state index contributed by atoms with van der Waals surface area (Å²) in [4.78, 5) is 14.4. The summed E-state index contributed by atoms with van der Waals surface area (Å²) in [5.74, 6) is -1.37. The first-order chi connectivity index (χ1) is 9.15. The Morgan fingerprint density at radius 2 is 1.89 bits per heavy atom. The number of para-hydroxylation sites is 1. The van der Waals surface area contributed by atoms with Crippen molar-refractivity contribution in [2.24, 2.45) is 5.73 Å². The number of carbonyl (C=O) groups is 1. The Balaban J connectivity index is 2.16. The van der Waals surface area contributed by atoms with Crippen LogP contribution in [0.1, 0.15) is 10.4 Å². The van der Waals surface area contributed by atoms with Crippen LogP contribution in [0.15, 0.2) is 48.5 Å². The van der Waals surface area contributed by atoms with Crippen LogP contribution in [0.5, 0.6) is 0 Å². The van der Waals surface area contributed by atoms with Crippen LogP contribution in [0.2, 0.25) is 0 Å². The fourth-order valence-corrected chi connectivity index (χ4v) is 2.11. The van der Waals surface area contributed by atoms with Crippen molar-refractivity contribution < 1.29 is 9.18 Å². The first kappa shape index (κ1) is 11.5. The van der Waals surface area contributed by atoms with Gasteiger partial charge in [-0.1, -0.05) is 18.2 Å². The summed E-state index contributed by atoms with van der Waals surface area (Å²) in [7, 11) is 0. The molecule has 0 atom stereocenters. The van der Waals surface area contributed by atoms with Crippen molar-refractivity contribution in [1.29, 1.82) is 0 Å². The van der Waals surface area contributed by atoms with Gasteiger partial charge in [0.05, 0.1) is 5.56 Å². The van der Waals surface area contributed by atoms with Crippen LogP contribution in [0.3, 0.4) is 0 Å². The van der Waals surface area contributed by atoms with Crippen LogP contribution in [0, 0.1) is 5.82 Å². The summed E-state index contributed by atoms with van der Waals surface area (Å²) < 4.78 is 13.4. The summed E-state index contributed by atoms with van der Waals surface area (Å²) in [5, 5.41) is 1.06. The Morgan fingerprint density at radius 3 is 2.63 bits per heavy atom. The second kappa shape index (κ2) is 4.24. The van der Waals surface area contributed by atoms with Crippen molar-refractivity contribution in [3.05, 3.63) is 59.9 Å². The maximum absolute atomic E-state index is 13.4. The summed E-state index contributed by atoms with van der Waals surface area (Å²) in [6.45, 7) is 0. The van der Waals surface area contributed by atoms with Gasteiger partial charge >= 0.3 is 0 Å². The summed E-state index contributed by atoms with van der Waals surface area (Å²) in [5.41, 5.74) is 7.59. The van der Waals surface area contributed by atoms with E-state index in [1.807, 2.05) is 30.3 Å². The third-order valence-corrected chi connectivity index (χ3v) is 3.07. The highest BCUT2D eigenvalue weighted by atomic mass is 19.1. The summed E-state index contributed by atoms with van der Waals surface area (Å²) in [6, 6.07) is 14.1. The number of nitrogens with two attached hydrogens (primary N) is 1. The van der Waals surface area contributed by atoms with Crippen LogP contribution in [0.4, 0.5) is 4.39 Å². The fraction of sp³-hybridized carbons (Fsp3) is 0. The van der Waals surface area contributed by atoms with Crippen molar-refractivity contribution in [2.75, 3.05) is 0 Å². The van der Waals surface area contributed by atoms with E-state index in [2.05, 4.69) is 4.98 Å². The Hall–Kier alpha value is -2.62. The molecule has 3 rings (SSSR count). The van der Waals surface area contributed by atoms with Crippen molar-refractivity contribution in [1.82, 2.24) is 4.98 Å². The number of aromatic nitrogens is 1. The molecule has 0 aliphatic heterocycles. The lowest BCUT2D eigenvalue weighted by atomic mass is 10.1. The SMILES string of the molecule is NC(=O)c1cc(-c2cc3ccccc3[nH]2)ccc1F. The predicted molar refractivity (Wildman–Crippen MR) is 72.2 cm³/mol. The molecule has 0 saturated heterocycles. The zero-order valence-corrected chi connectivity index (χ0v) is 9.98. The van der Waals surface area contributed by atoms with Crippen molar-refractivity contribution in [3.63, 3.8) is 0 Å². The normalized spacial score (nSPS) is 10.8.